The van der Waals surface area contributed by atoms with E-state index in [1.54, 1.807) is 18.3 Å². The molecule has 1 unspecified atom stereocenters. The van der Waals surface area contributed by atoms with Crippen molar-refractivity contribution < 1.29 is 13.2 Å². The molecular weight excluding hydrogens is 334 g/mol. The molecule has 0 bridgehead atoms. The van der Waals surface area contributed by atoms with Gasteiger partial charge in [0.05, 0.1) is 6.54 Å². The number of rotatable bonds is 5. The van der Waals surface area contributed by atoms with Crippen LogP contribution >= 0.6 is 10.7 Å². The summed E-state index contributed by atoms with van der Waals surface area (Å²) in [6.45, 7) is 0.677. The Bertz CT molecular complexity index is 799. The Kier molecular flexibility index (Phi) is 4.84. The minimum absolute atomic E-state index is 0.0884. The zero-order chi connectivity index (χ0) is 17.1. The molecule has 2 aromatic rings. The second-order valence-corrected chi connectivity index (χ2v) is 6.86. The molecule has 0 saturated heterocycles. The van der Waals surface area contributed by atoms with Gasteiger partial charge in [-0.15, -0.1) is 20.9 Å². The normalized spacial score (nSPS) is 14.9. The second kappa shape index (κ2) is 7.04. The summed E-state index contributed by atoms with van der Waals surface area (Å²) < 4.78 is 32.1. The summed E-state index contributed by atoms with van der Waals surface area (Å²) in [5, 5.41) is 6.98. The van der Waals surface area contributed by atoms with E-state index < -0.39 is 12.3 Å². The Labute approximate surface area is 140 Å². The van der Waals surface area contributed by atoms with Gasteiger partial charge >= 0.3 is 6.43 Å². The molecule has 5 nitrogen and oxygen atoms in total. The van der Waals surface area contributed by atoms with Crippen molar-refractivity contribution in [3.8, 4) is 11.5 Å². The van der Waals surface area contributed by atoms with Gasteiger partial charge in [0.1, 0.15) is 5.84 Å². The monoisotopic (exact) mass is 350 g/mol. The molecule has 24 heavy (non-hydrogen) atoms. The summed E-state index contributed by atoms with van der Waals surface area (Å²) in [5.74, 6) is 4.52. The molecule has 3 rings (SSSR count). The molecule has 0 radical (unpaired) electrons. The lowest BCUT2D eigenvalue weighted by Gasteiger charge is -2.25. The van der Waals surface area contributed by atoms with Gasteiger partial charge in [-0.25, -0.2) is 4.99 Å². The largest absolute Gasteiger partial charge is 0.415 e. The van der Waals surface area contributed by atoms with Crippen molar-refractivity contribution in [3.05, 3.63) is 48.0 Å². The number of hydrogen-bond donors (Lipinski definition) is 0. The predicted octanol–water partition coefficient (Wildman–Crippen LogP) is 4.04. The van der Waals surface area contributed by atoms with Crippen LogP contribution < -0.4 is 0 Å². The van der Waals surface area contributed by atoms with Crippen LogP contribution in [0.5, 0.6) is 0 Å². The first-order valence-electron chi connectivity index (χ1n) is 7.20. The van der Waals surface area contributed by atoms with E-state index in [1.807, 2.05) is 24.5 Å². The fourth-order valence-electron chi connectivity index (χ4n) is 2.26. The van der Waals surface area contributed by atoms with E-state index in [2.05, 4.69) is 25.4 Å². The summed E-state index contributed by atoms with van der Waals surface area (Å²) in [7, 11) is -0.199. The van der Waals surface area contributed by atoms with Gasteiger partial charge in [0.15, 0.2) is 0 Å². The highest BCUT2D eigenvalue weighted by Crippen LogP contribution is 2.25. The lowest BCUT2D eigenvalue weighted by atomic mass is 10.1. The fourth-order valence-corrected chi connectivity index (χ4v) is 3.11. The minimum Gasteiger partial charge on any atom is -0.415 e. The minimum atomic E-state index is -2.76. The number of halogens is 2. The van der Waals surface area contributed by atoms with E-state index in [0.29, 0.717) is 12.1 Å². The third-order valence-corrected chi connectivity index (χ3v) is 4.54. The van der Waals surface area contributed by atoms with Crippen LogP contribution in [0.3, 0.4) is 0 Å². The molecule has 0 amide bonds. The average Bonchev–Trinajstić information content (AvgIpc) is 3.24. The van der Waals surface area contributed by atoms with Crippen LogP contribution in [-0.4, -0.2) is 32.5 Å². The topological polar surface area (TPSA) is 54.5 Å². The summed E-state index contributed by atoms with van der Waals surface area (Å²) in [5.41, 5.74) is 1.67. The fraction of sp³-hybridized carbons (Fsp3) is 0.250. The van der Waals surface area contributed by atoms with Crippen LogP contribution in [0.4, 0.5) is 8.78 Å². The molecule has 0 spiro atoms. The van der Waals surface area contributed by atoms with Gasteiger partial charge in [-0.2, -0.15) is 8.78 Å². The number of nitrogens with zero attached hydrogens (tertiary/aromatic N) is 4. The van der Waals surface area contributed by atoms with E-state index in [-0.39, 0.29) is 16.6 Å². The quantitative estimate of drug-likeness (QED) is 0.764. The van der Waals surface area contributed by atoms with Gasteiger partial charge in [0, 0.05) is 18.2 Å². The predicted molar refractivity (Wildman–Crippen MR) is 92.1 cm³/mol. The van der Waals surface area contributed by atoms with Crippen LogP contribution in [0.1, 0.15) is 24.3 Å². The number of hydrogen-bond acceptors (Lipinski definition) is 5. The smallest absolute Gasteiger partial charge is 0.314 e. The van der Waals surface area contributed by atoms with Crippen molar-refractivity contribution in [2.45, 2.75) is 19.4 Å². The van der Waals surface area contributed by atoms with Gasteiger partial charge in [-0.1, -0.05) is 24.1 Å². The highest BCUT2D eigenvalue weighted by Gasteiger charge is 2.17. The summed E-state index contributed by atoms with van der Waals surface area (Å²) in [6.07, 6.45) is 3.89. The zero-order valence-corrected chi connectivity index (χ0v) is 13.8. The third kappa shape index (κ3) is 3.59. The van der Waals surface area contributed by atoms with Crippen LogP contribution in [0.2, 0.25) is 0 Å². The number of amidine groups is 1. The van der Waals surface area contributed by atoms with E-state index >= 15 is 0 Å². The summed E-state index contributed by atoms with van der Waals surface area (Å²) in [4.78, 5) is 4.36. The highest BCUT2D eigenvalue weighted by atomic mass is 32.2. The maximum absolute atomic E-state index is 12.5. The van der Waals surface area contributed by atoms with Gasteiger partial charge in [-0.05, 0) is 24.0 Å². The Morgan fingerprint density at radius 2 is 2.04 bits per heavy atom. The van der Waals surface area contributed by atoms with Crippen LogP contribution in [0.15, 0.2) is 46.0 Å². The molecule has 1 aliphatic heterocycles. The first-order valence-corrected chi connectivity index (χ1v) is 8.96. The molecule has 1 atom stereocenters. The Balaban J connectivity index is 1.74. The Hall–Kier alpha value is -2.35. The highest BCUT2D eigenvalue weighted by molar-refractivity contribution is 8.11. The van der Waals surface area contributed by atoms with Crippen molar-refractivity contribution in [1.82, 2.24) is 14.5 Å². The maximum atomic E-state index is 12.5. The number of aromatic nitrogens is 2. The molecule has 1 aromatic carbocycles. The summed E-state index contributed by atoms with van der Waals surface area (Å²) >= 11 is 0. The first-order chi connectivity index (χ1) is 11.5. The van der Waals surface area contributed by atoms with Crippen LogP contribution in [0.25, 0.3) is 11.5 Å². The van der Waals surface area contributed by atoms with Crippen LogP contribution in [0, 0.1) is 0 Å². The number of alkyl halides is 2. The van der Waals surface area contributed by atoms with Crippen molar-refractivity contribution in [3.63, 3.8) is 0 Å². The molecule has 0 fully saturated rings. The SMILES string of the molecule is C=S(C)N(Cc1ccc(-c2nnc(C(F)F)o2)cc1)C1=NC=CC1. The number of aliphatic imine (C=N–C) groups is 1. The molecule has 0 aliphatic carbocycles. The Morgan fingerprint density at radius 1 is 1.29 bits per heavy atom. The number of benzene rings is 1. The van der Waals surface area contributed by atoms with Crippen molar-refractivity contribution >= 4 is 22.4 Å². The molecule has 2 heterocycles. The van der Waals surface area contributed by atoms with Crippen molar-refractivity contribution in [2.24, 2.45) is 4.99 Å². The van der Waals surface area contributed by atoms with Crippen LogP contribution in [-0.2, 0) is 6.54 Å². The first kappa shape index (κ1) is 16.5. The second-order valence-electron chi connectivity index (χ2n) is 5.21. The van der Waals surface area contributed by atoms with Gasteiger partial charge in [0.25, 0.3) is 5.89 Å². The van der Waals surface area contributed by atoms with E-state index in [1.165, 1.54) is 0 Å². The molecule has 8 heteroatoms. The van der Waals surface area contributed by atoms with E-state index in [9.17, 15) is 8.78 Å². The van der Waals surface area contributed by atoms with Gasteiger partial charge < -0.3 is 8.72 Å². The molecule has 1 aliphatic rings. The maximum Gasteiger partial charge on any atom is 0.314 e. The van der Waals surface area contributed by atoms with Gasteiger partial charge in [-0.3, -0.25) is 0 Å². The van der Waals surface area contributed by atoms with E-state index in [4.69, 9.17) is 4.42 Å². The van der Waals surface area contributed by atoms with Crippen molar-refractivity contribution in [1.29, 1.82) is 0 Å². The molecule has 126 valence electrons. The lowest BCUT2D eigenvalue weighted by Crippen LogP contribution is -2.23. The van der Waals surface area contributed by atoms with Gasteiger partial charge in [0.2, 0.25) is 5.89 Å². The zero-order valence-electron chi connectivity index (χ0n) is 13.0. The standard InChI is InChI=1S/C16H16F2N4OS/c1-24(2)22(13-4-3-9-19-13)10-11-5-7-12(8-6-11)15-20-21-16(23-15)14(17)18/h3,5-9,14H,1,4,10H2,2H3. The molecule has 1 aromatic heterocycles. The lowest BCUT2D eigenvalue weighted by molar-refractivity contribution is 0.116. The summed E-state index contributed by atoms with van der Waals surface area (Å²) in [6, 6.07) is 7.37. The average molecular weight is 350 g/mol. The molecule has 0 saturated carbocycles. The Morgan fingerprint density at radius 3 is 2.58 bits per heavy atom. The van der Waals surface area contributed by atoms with E-state index in [0.717, 1.165) is 17.8 Å². The molecule has 0 N–H and O–H groups in total. The van der Waals surface area contributed by atoms with Crippen molar-refractivity contribution in [2.75, 3.05) is 6.26 Å². The molecular formula is C16H16F2N4OS. The third-order valence-electron chi connectivity index (χ3n) is 3.45.